The van der Waals surface area contributed by atoms with E-state index in [-0.39, 0.29) is 6.04 Å². The van der Waals surface area contributed by atoms with Gasteiger partial charge in [-0.1, -0.05) is 30.3 Å². The first-order valence-electron chi connectivity index (χ1n) is 6.43. The molecule has 2 aromatic rings. The van der Waals surface area contributed by atoms with E-state index in [1.807, 2.05) is 18.2 Å². The van der Waals surface area contributed by atoms with Crippen LogP contribution in [0.15, 0.2) is 36.5 Å². The highest BCUT2D eigenvalue weighted by molar-refractivity contribution is 5.39. The molecule has 0 aliphatic rings. The number of nitrogens with one attached hydrogen (secondary N) is 2. The lowest BCUT2D eigenvalue weighted by Gasteiger charge is -2.14. The van der Waals surface area contributed by atoms with Crippen LogP contribution in [0.1, 0.15) is 32.4 Å². The van der Waals surface area contributed by atoms with Crippen LogP contribution in [0.25, 0.3) is 0 Å². The van der Waals surface area contributed by atoms with E-state index in [0.717, 1.165) is 5.82 Å². The predicted octanol–water partition coefficient (Wildman–Crippen LogP) is 2.87. The van der Waals surface area contributed by atoms with Gasteiger partial charge in [0.1, 0.15) is 0 Å². The molecular weight excluding hydrogens is 238 g/mol. The van der Waals surface area contributed by atoms with E-state index in [2.05, 4.69) is 58.7 Å². The summed E-state index contributed by atoms with van der Waals surface area (Å²) in [6, 6.07) is 10.6. The van der Waals surface area contributed by atoms with Crippen LogP contribution in [-0.2, 0) is 0 Å². The van der Waals surface area contributed by atoms with Crippen molar-refractivity contribution >= 4 is 11.8 Å². The first-order valence-corrected chi connectivity index (χ1v) is 6.43. The molecule has 5 nitrogen and oxygen atoms in total. The first kappa shape index (κ1) is 13.3. The third-order valence-corrected chi connectivity index (χ3v) is 2.64. The highest BCUT2D eigenvalue weighted by Crippen LogP contribution is 2.16. The molecule has 0 aliphatic heterocycles. The monoisotopic (exact) mass is 257 g/mol. The average Bonchev–Trinajstić information content (AvgIpc) is 2.39. The lowest BCUT2D eigenvalue weighted by molar-refractivity contribution is 0.829. The molecule has 2 N–H and O–H groups in total. The van der Waals surface area contributed by atoms with Gasteiger partial charge in [-0.05, 0) is 26.3 Å². The Kier molecular flexibility index (Phi) is 4.28. The summed E-state index contributed by atoms with van der Waals surface area (Å²) in [7, 11) is 0. The minimum Gasteiger partial charge on any atom is -0.366 e. The van der Waals surface area contributed by atoms with Crippen LogP contribution in [0.4, 0.5) is 11.8 Å². The Labute approximate surface area is 113 Å². The van der Waals surface area contributed by atoms with E-state index in [0.29, 0.717) is 12.0 Å². The molecule has 0 aliphatic carbocycles. The third-order valence-electron chi connectivity index (χ3n) is 2.64. The van der Waals surface area contributed by atoms with Crippen LogP contribution in [0, 0.1) is 0 Å². The molecule has 1 aromatic heterocycles. The first-order chi connectivity index (χ1) is 9.15. The van der Waals surface area contributed by atoms with Crippen molar-refractivity contribution in [1.29, 1.82) is 0 Å². The third kappa shape index (κ3) is 3.91. The minimum absolute atomic E-state index is 0.136. The number of hydrogen-bond acceptors (Lipinski definition) is 5. The van der Waals surface area contributed by atoms with Gasteiger partial charge < -0.3 is 10.6 Å². The van der Waals surface area contributed by atoms with Crippen LogP contribution in [0.2, 0.25) is 0 Å². The number of hydrogen-bond donors (Lipinski definition) is 2. The highest BCUT2D eigenvalue weighted by atomic mass is 15.3. The number of anilines is 2. The van der Waals surface area contributed by atoms with Crippen molar-refractivity contribution < 1.29 is 0 Å². The van der Waals surface area contributed by atoms with Crippen molar-refractivity contribution in [2.45, 2.75) is 32.9 Å². The molecule has 0 bridgehead atoms. The summed E-state index contributed by atoms with van der Waals surface area (Å²) >= 11 is 0. The van der Waals surface area contributed by atoms with Crippen molar-refractivity contribution in [3.05, 3.63) is 42.1 Å². The Bertz CT molecular complexity index is 512. The van der Waals surface area contributed by atoms with Gasteiger partial charge in [0.15, 0.2) is 5.82 Å². The highest BCUT2D eigenvalue weighted by Gasteiger charge is 2.07. The van der Waals surface area contributed by atoms with E-state index in [9.17, 15) is 0 Å². The van der Waals surface area contributed by atoms with Crippen LogP contribution in [-0.4, -0.2) is 21.2 Å². The van der Waals surface area contributed by atoms with Gasteiger partial charge >= 0.3 is 0 Å². The SMILES string of the molecule is CC(C)Nc1cnnc(NC(C)c2ccccc2)n1. The number of aromatic nitrogens is 3. The topological polar surface area (TPSA) is 62.7 Å². The van der Waals surface area contributed by atoms with Crippen LogP contribution < -0.4 is 10.6 Å². The van der Waals surface area contributed by atoms with E-state index in [1.54, 1.807) is 6.20 Å². The summed E-state index contributed by atoms with van der Waals surface area (Å²) in [6.07, 6.45) is 1.62. The van der Waals surface area contributed by atoms with Crippen LogP contribution >= 0.6 is 0 Å². The van der Waals surface area contributed by atoms with Crippen LogP contribution in [0.5, 0.6) is 0 Å². The molecule has 0 saturated carbocycles. The number of benzene rings is 1. The van der Waals surface area contributed by atoms with Crippen molar-refractivity contribution in [2.24, 2.45) is 0 Å². The standard InChI is InChI=1S/C14H19N5/c1-10(2)16-13-9-15-19-14(18-13)17-11(3)12-7-5-4-6-8-12/h4-11H,1-3H3,(H2,16,17,18,19). The Morgan fingerprint density at radius 1 is 1.00 bits per heavy atom. The molecule has 1 unspecified atom stereocenters. The molecule has 100 valence electrons. The van der Waals surface area contributed by atoms with E-state index in [4.69, 9.17) is 0 Å². The maximum absolute atomic E-state index is 4.38. The van der Waals surface area contributed by atoms with Crippen molar-refractivity contribution in [1.82, 2.24) is 15.2 Å². The molecule has 5 heteroatoms. The summed E-state index contributed by atoms with van der Waals surface area (Å²) in [5, 5.41) is 14.4. The number of nitrogens with zero attached hydrogens (tertiary/aromatic N) is 3. The minimum atomic E-state index is 0.136. The predicted molar refractivity (Wildman–Crippen MR) is 77.1 cm³/mol. The molecule has 1 aromatic carbocycles. The Balaban J connectivity index is 2.06. The number of rotatable bonds is 5. The zero-order valence-corrected chi connectivity index (χ0v) is 11.5. The van der Waals surface area contributed by atoms with Crippen LogP contribution in [0.3, 0.4) is 0 Å². The molecule has 0 saturated heterocycles. The fourth-order valence-electron chi connectivity index (χ4n) is 1.75. The van der Waals surface area contributed by atoms with Gasteiger partial charge in [-0.25, -0.2) is 0 Å². The summed E-state index contributed by atoms with van der Waals surface area (Å²) < 4.78 is 0. The lowest BCUT2D eigenvalue weighted by Crippen LogP contribution is -2.14. The molecule has 0 spiro atoms. The van der Waals surface area contributed by atoms with Gasteiger partial charge in [-0.3, -0.25) is 0 Å². The Morgan fingerprint density at radius 2 is 1.74 bits per heavy atom. The van der Waals surface area contributed by atoms with Gasteiger partial charge in [-0.2, -0.15) is 10.1 Å². The van der Waals surface area contributed by atoms with E-state index in [1.165, 1.54) is 5.56 Å². The zero-order chi connectivity index (χ0) is 13.7. The molecule has 19 heavy (non-hydrogen) atoms. The van der Waals surface area contributed by atoms with Crippen molar-refractivity contribution in [3.63, 3.8) is 0 Å². The van der Waals surface area contributed by atoms with Gasteiger partial charge in [-0.15, -0.1) is 5.10 Å². The Hall–Kier alpha value is -2.17. The summed E-state index contributed by atoms with van der Waals surface area (Å²) in [5.74, 6) is 1.26. The smallest absolute Gasteiger partial charge is 0.245 e. The summed E-state index contributed by atoms with van der Waals surface area (Å²) in [5.41, 5.74) is 1.19. The second-order valence-corrected chi connectivity index (χ2v) is 4.74. The fraction of sp³-hybridized carbons (Fsp3) is 0.357. The summed E-state index contributed by atoms with van der Waals surface area (Å²) in [4.78, 5) is 4.38. The van der Waals surface area contributed by atoms with E-state index < -0.39 is 0 Å². The van der Waals surface area contributed by atoms with Gasteiger partial charge in [0, 0.05) is 6.04 Å². The molecule has 0 radical (unpaired) electrons. The quantitative estimate of drug-likeness (QED) is 0.862. The normalized spacial score (nSPS) is 12.2. The molecule has 1 atom stereocenters. The molecular formula is C14H19N5. The summed E-state index contributed by atoms with van der Waals surface area (Å²) in [6.45, 7) is 6.19. The molecule has 1 heterocycles. The average molecular weight is 257 g/mol. The van der Waals surface area contributed by atoms with E-state index >= 15 is 0 Å². The Morgan fingerprint density at radius 3 is 2.42 bits per heavy atom. The maximum Gasteiger partial charge on any atom is 0.245 e. The molecule has 0 amide bonds. The van der Waals surface area contributed by atoms with Crippen molar-refractivity contribution in [2.75, 3.05) is 10.6 Å². The second-order valence-electron chi connectivity index (χ2n) is 4.74. The zero-order valence-electron chi connectivity index (χ0n) is 11.5. The van der Waals surface area contributed by atoms with Crippen molar-refractivity contribution in [3.8, 4) is 0 Å². The molecule has 0 fully saturated rings. The maximum atomic E-state index is 4.38. The lowest BCUT2D eigenvalue weighted by atomic mass is 10.1. The van der Waals surface area contributed by atoms with Gasteiger partial charge in [0.25, 0.3) is 0 Å². The largest absolute Gasteiger partial charge is 0.366 e. The van der Waals surface area contributed by atoms with Gasteiger partial charge in [0.05, 0.1) is 12.2 Å². The second kappa shape index (κ2) is 6.13. The fourth-order valence-corrected chi connectivity index (χ4v) is 1.75. The van der Waals surface area contributed by atoms with Gasteiger partial charge in [0.2, 0.25) is 5.95 Å². The molecule has 2 rings (SSSR count).